The van der Waals surface area contributed by atoms with Crippen LogP contribution in [0.15, 0.2) is 0 Å². The number of carbonyl (C=O) groups excluding carboxylic acids is 1. The second kappa shape index (κ2) is 3.81. The molecule has 0 bridgehead atoms. The van der Waals surface area contributed by atoms with Crippen LogP contribution in [0.3, 0.4) is 0 Å². The van der Waals surface area contributed by atoms with Crippen molar-refractivity contribution in [2.45, 2.75) is 39.7 Å². The first-order valence-corrected chi connectivity index (χ1v) is 3.93. The van der Waals surface area contributed by atoms with Crippen LogP contribution in [0, 0.1) is 0 Å². The zero-order valence-electron chi connectivity index (χ0n) is 7.43. The number of hydrogen-bond donors (Lipinski definition) is 0. The Morgan fingerprint density at radius 2 is 1.91 bits per heavy atom. The van der Waals surface area contributed by atoms with Gasteiger partial charge in [0.15, 0.2) is 5.05 Å². The summed E-state index contributed by atoms with van der Waals surface area (Å²) in [6.45, 7) is 7.20. The molecular weight excluding hydrogens is 160 g/mol. The molecule has 0 rings (SSSR count). The van der Waals surface area contributed by atoms with Crippen molar-refractivity contribution in [3.8, 4) is 0 Å². The first kappa shape index (κ1) is 10.6. The summed E-state index contributed by atoms with van der Waals surface area (Å²) in [5.41, 5.74) is -0.285. The van der Waals surface area contributed by atoms with Gasteiger partial charge in [0.2, 0.25) is 0 Å². The van der Waals surface area contributed by atoms with E-state index >= 15 is 0 Å². The van der Waals surface area contributed by atoms with Gasteiger partial charge in [-0.2, -0.15) is 0 Å². The van der Waals surface area contributed by atoms with Gasteiger partial charge in [-0.1, -0.05) is 0 Å². The summed E-state index contributed by atoms with van der Waals surface area (Å²) in [4.78, 5) is 10.6. The van der Waals surface area contributed by atoms with E-state index < -0.39 is 0 Å². The molecule has 0 spiro atoms. The molecule has 0 atom stereocenters. The number of ether oxygens (including phenoxy) is 1. The van der Waals surface area contributed by atoms with Gasteiger partial charge in [-0.3, -0.25) is 4.79 Å². The van der Waals surface area contributed by atoms with E-state index in [1.54, 1.807) is 0 Å². The fourth-order valence-corrected chi connectivity index (χ4v) is 1.03. The van der Waals surface area contributed by atoms with Gasteiger partial charge < -0.3 is 4.74 Å². The molecule has 0 heterocycles. The Labute approximate surface area is 72.9 Å². The van der Waals surface area contributed by atoms with E-state index in [4.69, 9.17) is 17.0 Å². The third-order valence-electron chi connectivity index (χ3n) is 0.813. The third-order valence-corrected chi connectivity index (χ3v) is 1.04. The zero-order chi connectivity index (χ0) is 9.07. The van der Waals surface area contributed by atoms with Crippen LogP contribution in [-0.2, 0) is 9.53 Å². The number of thiocarbonyl (C=S) groups is 1. The summed E-state index contributed by atoms with van der Waals surface area (Å²) in [6, 6.07) is 0. The molecule has 0 aliphatic rings. The van der Waals surface area contributed by atoms with Gasteiger partial charge in [-0.25, -0.2) is 0 Å². The third kappa shape index (κ3) is 7.46. The maximum Gasteiger partial charge on any atom is 0.167 e. The lowest BCUT2D eigenvalue weighted by Gasteiger charge is -2.20. The molecule has 0 unspecified atom stereocenters. The highest BCUT2D eigenvalue weighted by Crippen LogP contribution is 2.09. The van der Waals surface area contributed by atoms with Gasteiger partial charge in [0.1, 0.15) is 11.4 Å². The van der Waals surface area contributed by atoms with Crippen LogP contribution in [0.25, 0.3) is 0 Å². The molecule has 0 N–H and O–H groups in total. The molecular formula is C8H14O2S. The molecule has 0 radical (unpaired) electrons. The highest BCUT2D eigenvalue weighted by atomic mass is 32.1. The van der Waals surface area contributed by atoms with Crippen molar-refractivity contribution in [3.63, 3.8) is 0 Å². The Balaban J connectivity index is 3.80. The number of hydrogen-bond acceptors (Lipinski definition) is 3. The Kier molecular flexibility index (Phi) is 3.66. The van der Waals surface area contributed by atoms with Gasteiger partial charge in [0, 0.05) is 0 Å². The molecule has 0 aliphatic heterocycles. The number of carbonyl (C=O) groups is 1. The van der Waals surface area contributed by atoms with Crippen LogP contribution in [0.2, 0.25) is 0 Å². The van der Waals surface area contributed by atoms with Gasteiger partial charge in [-0.15, -0.1) is 0 Å². The van der Waals surface area contributed by atoms with E-state index in [0.29, 0.717) is 5.05 Å². The second-order valence-electron chi connectivity index (χ2n) is 3.47. The molecule has 2 nitrogen and oxygen atoms in total. The van der Waals surface area contributed by atoms with Gasteiger partial charge in [0.25, 0.3) is 0 Å². The number of Topliss-reactive ketones (excluding diaryl/α,β-unsaturated/α-hetero) is 1. The van der Waals surface area contributed by atoms with Crippen LogP contribution in [-0.4, -0.2) is 16.4 Å². The summed E-state index contributed by atoms with van der Waals surface area (Å²) >= 11 is 4.84. The van der Waals surface area contributed by atoms with Crippen LogP contribution >= 0.6 is 12.2 Å². The Morgan fingerprint density at radius 1 is 1.45 bits per heavy atom. The van der Waals surface area contributed by atoms with E-state index in [9.17, 15) is 4.79 Å². The van der Waals surface area contributed by atoms with Crippen molar-refractivity contribution in [2.75, 3.05) is 0 Å². The molecule has 64 valence electrons. The van der Waals surface area contributed by atoms with Gasteiger partial charge in [-0.05, 0) is 39.9 Å². The van der Waals surface area contributed by atoms with E-state index in [-0.39, 0.29) is 17.8 Å². The lowest BCUT2D eigenvalue weighted by Crippen LogP contribution is -2.23. The van der Waals surface area contributed by atoms with Crippen LogP contribution in [0.4, 0.5) is 0 Å². The maximum atomic E-state index is 10.6. The molecule has 0 amide bonds. The molecule has 0 saturated carbocycles. The van der Waals surface area contributed by atoms with Crippen molar-refractivity contribution in [2.24, 2.45) is 0 Å². The van der Waals surface area contributed by atoms with E-state index in [1.807, 2.05) is 20.8 Å². The lowest BCUT2D eigenvalue weighted by atomic mass is 10.2. The van der Waals surface area contributed by atoms with Crippen LogP contribution in [0.5, 0.6) is 0 Å². The molecule has 0 aromatic rings. The highest BCUT2D eigenvalue weighted by Gasteiger charge is 2.14. The molecule has 3 heteroatoms. The van der Waals surface area contributed by atoms with E-state index in [0.717, 1.165) is 0 Å². The Hall–Kier alpha value is -0.440. The smallest absolute Gasteiger partial charge is 0.167 e. The summed E-state index contributed by atoms with van der Waals surface area (Å²) < 4.78 is 5.26. The summed E-state index contributed by atoms with van der Waals surface area (Å²) in [7, 11) is 0. The topological polar surface area (TPSA) is 26.3 Å². The number of ketones is 1. The quantitative estimate of drug-likeness (QED) is 0.600. The fourth-order valence-electron chi connectivity index (χ4n) is 0.581. The first-order chi connectivity index (χ1) is 4.81. The van der Waals surface area contributed by atoms with Crippen molar-refractivity contribution in [3.05, 3.63) is 0 Å². The van der Waals surface area contributed by atoms with Crippen molar-refractivity contribution < 1.29 is 9.53 Å². The van der Waals surface area contributed by atoms with E-state index in [2.05, 4.69) is 0 Å². The molecule has 0 saturated heterocycles. The monoisotopic (exact) mass is 174 g/mol. The predicted molar refractivity (Wildman–Crippen MR) is 48.7 cm³/mol. The minimum absolute atomic E-state index is 0.0410. The molecule has 0 aliphatic carbocycles. The predicted octanol–water partition coefficient (Wildman–Crippen LogP) is 2.11. The molecule has 0 fully saturated rings. The standard InChI is InChI=1S/C8H14O2S/c1-6(9)5-7(11)10-8(2,3)4/h5H2,1-4H3. The van der Waals surface area contributed by atoms with Crippen LogP contribution in [0.1, 0.15) is 34.1 Å². The zero-order valence-corrected chi connectivity index (χ0v) is 8.25. The minimum atomic E-state index is -0.285. The molecule has 11 heavy (non-hydrogen) atoms. The number of rotatable bonds is 2. The van der Waals surface area contributed by atoms with Gasteiger partial charge >= 0.3 is 0 Å². The highest BCUT2D eigenvalue weighted by molar-refractivity contribution is 7.80. The van der Waals surface area contributed by atoms with E-state index in [1.165, 1.54) is 6.92 Å². The average molecular weight is 174 g/mol. The second-order valence-corrected chi connectivity index (χ2v) is 3.92. The summed E-state index contributed by atoms with van der Waals surface area (Å²) in [5.74, 6) is 0.0410. The Bertz CT molecular complexity index is 167. The maximum absolute atomic E-state index is 10.6. The fraction of sp³-hybridized carbons (Fsp3) is 0.750. The van der Waals surface area contributed by atoms with Crippen LogP contribution < -0.4 is 0 Å². The Morgan fingerprint density at radius 3 is 2.18 bits per heavy atom. The van der Waals surface area contributed by atoms with Crippen molar-refractivity contribution >= 4 is 23.1 Å². The SMILES string of the molecule is CC(=O)CC(=S)OC(C)(C)C. The van der Waals surface area contributed by atoms with Crippen molar-refractivity contribution in [1.29, 1.82) is 0 Å². The minimum Gasteiger partial charge on any atom is -0.481 e. The lowest BCUT2D eigenvalue weighted by molar-refractivity contribution is -0.116. The first-order valence-electron chi connectivity index (χ1n) is 3.52. The molecule has 0 aromatic carbocycles. The summed E-state index contributed by atoms with van der Waals surface area (Å²) in [6.07, 6.45) is 0.243. The summed E-state index contributed by atoms with van der Waals surface area (Å²) in [5, 5.41) is 0.380. The normalized spacial score (nSPS) is 10.9. The molecule has 0 aromatic heterocycles. The van der Waals surface area contributed by atoms with Crippen molar-refractivity contribution in [1.82, 2.24) is 0 Å². The largest absolute Gasteiger partial charge is 0.481 e. The average Bonchev–Trinajstić information content (AvgIpc) is 1.53. The van der Waals surface area contributed by atoms with Gasteiger partial charge in [0.05, 0.1) is 6.42 Å².